The summed E-state index contributed by atoms with van der Waals surface area (Å²) >= 11 is 0. The minimum absolute atomic E-state index is 0.0122. The standard InChI is InChI=1S/C32H42N2O2/c35-30(24-33-17-9-3-10-18-33)36-29-23-32(34-19-11-4-12-20-34)21-27(25-13-5-1-6-14-25)31(29)28(22-32)26-15-7-2-8-16-26/h1-2,5-8,13-16,27-29,31H,3-4,9-12,17-24H2. The fourth-order valence-corrected chi connectivity index (χ4v) is 8.11. The molecule has 3 atom stereocenters. The Morgan fingerprint density at radius 2 is 1.25 bits per heavy atom. The summed E-state index contributed by atoms with van der Waals surface area (Å²) in [6.45, 7) is 4.87. The van der Waals surface area contributed by atoms with Gasteiger partial charge in [-0.1, -0.05) is 73.5 Å². The lowest BCUT2D eigenvalue weighted by atomic mass is 9.51. The second-order valence-electron chi connectivity index (χ2n) is 11.9. The Kier molecular flexibility index (Phi) is 7.17. The Hall–Kier alpha value is -2.17. The average Bonchev–Trinajstić information content (AvgIpc) is 2.95. The van der Waals surface area contributed by atoms with Gasteiger partial charge in [-0.3, -0.25) is 14.6 Å². The summed E-state index contributed by atoms with van der Waals surface area (Å²) in [5.41, 5.74) is 2.94. The lowest BCUT2D eigenvalue weighted by Crippen LogP contribution is -2.64. The summed E-state index contributed by atoms with van der Waals surface area (Å²) in [6.07, 6.45) is 10.9. The van der Waals surface area contributed by atoms with Crippen LogP contribution in [-0.2, 0) is 9.53 Å². The fourth-order valence-electron chi connectivity index (χ4n) is 8.11. The smallest absolute Gasteiger partial charge is 0.320 e. The molecule has 0 spiro atoms. The third-order valence-electron chi connectivity index (χ3n) is 9.71. The minimum Gasteiger partial charge on any atom is -0.461 e. The van der Waals surface area contributed by atoms with Gasteiger partial charge >= 0.3 is 5.97 Å². The first kappa shape index (κ1) is 24.2. The molecule has 2 heterocycles. The zero-order valence-electron chi connectivity index (χ0n) is 21.7. The van der Waals surface area contributed by atoms with Crippen LogP contribution in [0.2, 0.25) is 0 Å². The summed E-state index contributed by atoms with van der Waals surface area (Å²) in [5, 5.41) is 0. The highest BCUT2D eigenvalue weighted by atomic mass is 16.5. The van der Waals surface area contributed by atoms with E-state index in [0.29, 0.717) is 24.3 Å². The molecular weight excluding hydrogens is 444 g/mol. The maximum Gasteiger partial charge on any atom is 0.320 e. The van der Waals surface area contributed by atoms with Crippen LogP contribution in [0.3, 0.4) is 0 Å². The number of carbonyl (C=O) groups excluding carboxylic acids is 1. The number of esters is 1. The quantitative estimate of drug-likeness (QED) is 0.470. The number of benzene rings is 2. The van der Waals surface area contributed by atoms with Gasteiger partial charge in [0.2, 0.25) is 0 Å². The summed E-state index contributed by atoms with van der Waals surface area (Å²) in [5.74, 6) is 1.14. The Morgan fingerprint density at radius 1 is 0.722 bits per heavy atom. The Morgan fingerprint density at radius 3 is 1.81 bits per heavy atom. The Balaban J connectivity index is 1.35. The van der Waals surface area contributed by atoms with Crippen molar-refractivity contribution < 1.29 is 9.53 Å². The van der Waals surface area contributed by atoms with E-state index in [4.69, 9.17) is 4.74 Å². The predicted molar refractivity (Wildman–Crippen MR) is 144 cm³/mol. The van der Waals surface area contributed by atoms with Crippen LogP contribution >= 0.6 is 0 Å². The molecule has 2 saturated heterocycles. The number of hydrogen-bond donors (Lipinski definition) is 0. The molecule has 4 nitrogen and oxygen atoms in total. The van der Waals surface area contributed by atoms with Crippen molar-refractivity contribution in [3.05, 3.63) is 71.8 Å². The van der Waals surface area contributed by atoms with Gasteiger partial charge in [0.15, 0.2) is 0 Å². The van der Waals surface area contributed by atoms with Crippen LogP contribution in [-0.4, -0.2) is 60.1 Å². The van der Waals surface area contributed by atoms with Crippen LogP contribution in [0.1, 0.15) is 80.8 Å². The SMILES string of the molecule is O=C(CN1CCCCC1)OC1CC2(N3CCCCC3)CC(c3ccccc3)C1C(c1ccccc1)C2. The molecule has 3 unspecified atom stereocenters. The van der Waals surface area contributed by atoms with Crippen LogP contribution in [0.4, 0.5) is 0 Å². The van der Waals surface area contributed by atoms with Crippen molar-refractivity contribution in [2.24, 2.45) is 5.92 Å². The van der Waals surface area contributed by atoms with Crippen molar-refractivity contribution in [2.45, 2.75) is 81.3 Å². The van der Waals surface area contributed by atoms with Crippen molar-refractivity contribution in [3.63, 3.8) is 0 Å². The zero-order chi connectivity index (χ0) is 24.4. The minimum atomic E-state index is -0.0258. The van der Waals surface area contributed by atoms with Crippen molar-refractivity contribution in [1.29, 1.82) is 0 Å². The van der Waals surface area contributed by atoms with Gasteiger partial charge in [0.25, 0.3) is 0 Å². The highest BCUT2D eigenvalue weighted by Crippen LogP contribution is 2.60. The van der Waals surface area contributed by atoms with Crippen LogP contribution in [0.5, 0.6) is 0 Å². The third kappa shape index (κ3) is 4.87. The molecular formula is C32H42N2O2. The molecule has 0 amide bonds. The van der Waals surface area contributed by atoms with Gasteiger partial charge in [0.1, 0.15) is 6.10 Å². The zero-order valence-corrected chi connectivity index (χ0v) is 21.7. The number of fused-ring (bicyclic) bond motifs is 3. The van der Waals surface area contributed by atoms with E-state index in [9.17, 15) is 4.79 Å². The number of carbonyl (C=O) groups is 1. The molecule has 3 aliphatic carbocycles. The summed E-state index contributed by atoms with van der Waals surface area (Å²) < 4.78 is 6.54. The Bertz CT molecular complexity index is 948. The highest BCUT2D eigenvalue weighted by Gasteiger charge is 2.59. The molecule has 36 heavy (non-hydrogen) atoms. The molecule has 5 fully saturated rings. The second-order valence-corrected chi connectivity index (χ2v) is 11.9. The largest absolute Gasteiger partial charge is 0.461 e. The number of likely N-dealkylation sites (tertiary alicyclic amines) is 2. The molecule has 2 aliphatic heterocycles. The van der Waals surface area contributed by atoms with E-state index in [2.05, 4.69) is 70.5 Å². The normalized spacial score (nSPS) is 33.3. The number of hydrogen-bond acceptors (Lipinski definition) is 4. The third-order valence-corrected chi connectivity index (χ3v) is 9.71. The number of rotatable bonds is 6. The molecule has 192 valence electrons. The van der Waals surface area contributed by atoms with E-state index in [1.165, 1.54) is 75.6 Å². The van der Waals surface area contributed by atoms with Crippen LogP contribution in [0.15, 0.2) is 60.7 Å². The van der Waals surface area contributed by atoms with Gasteiger partial charge in [-0.2, -0.15) is 0 Å². The molecule has 2 bridgehead atoms. The van der Waals surface area contributed by atoms with Gasteiger partial charge in [0, 0.05) is 17.9 Å². The maximum absolute atomic E-state index is 13.3. The van der Waals surface area contributed by atoms with Gasteiger partial charge < -0.3 is 4.74 Å². The molecule has 2 aromatic rings. The average molecular weight is 487 g/mol. The molecule has 0 aromatic heterocycles. The molecule has 0 N–H and O–H groups in total. The van der Waals surface area contributed by atoms with Gasteiger partial charge in [-0.15, -0.1) is 0 Å². The van der Waals surface area contributed by atoms with E-state index in [1.807, 2.05) is 0 Å². The van der Waals surface area contributed by atoms with Crippen LogP contribution < -0.4 is 0 Å². The molecule has 4 heteroatoms. The van der Waals surface area contributed by atoms with Crippen molar-refractivity contribution >= 4 is 5.97 Å². The van der Waals surface area contributed by atoms with E-state index in [-0.39, 0.29) is 17.6 Å². The fraction of sp³-hybridized carbons (Fsp3) is 0.594. The number of nitrogens with zero attached hydrogens (tertiary/aromatic N) is 2. The lowest BCUT2D eigenvalue weighted by molar-refractivity contribution is -0.171. The molecule has 7 rings (SSSR count). The van der Waals surface area contributed by atoms with Crippen LogP contribution in [0.25, 0.3) is 0 Å². The summed E-state index contributed by atoms with van der Waals surface area (Å²) in [7, 11) is 0. The van der Waals surface area contributed by atoms with Crippen molar-refractivity contribution in [2.75, 3.05) is 32.7 Å². The number of ether oxygens (including phenoxy) is 1. The molecule has 3 saturated carbocycles. The number of piperidine rings is 2. The molecule has 5 aliphatic rings. The van der Waals surface area contributed by atoms with E-state index in [1.54, 1.807) is 0 Å². The first-order chi connectivity index (χ1) is 17.7. The lowest BCUT2D eigenvalue weighted by Gasteiger charge is -2.62. The van der Waals surface area contributed by atoms with Gasteiger partial charge in [0.05, 0.1) is 6.54 Å². The van der Waals surface area contributed by atoms with Crippen molar-refractivity contribution in [3.8, 4) is 0 Å². The van der Waals surface area contributed by atoms with Crippen molar-refractivity contribution in [1.82, 2.24) is 9.80 Å². The topological polar surface area (TPSA) is 32.8 Å². The van der Waals surface area contributed by atoms with E-state index >= 15 is 0 Å². The maximum atomic E-state index is 13.3. The molecule has 0 radical (unpaired) electrons. The van der Waals surface area contributed by atoms with Crippen LogP contribution in [0, 0.1) is 5.92 Å². The predicted octanol–water partition coefficient (Wildman–Crippen LogP) is 5.99. The van der Waals surface area contributed by atoms with E-state index < -0.39 is 0 Å². The highest BCUT2D eigenvalue weighted by molar-refractivity contribution is 5.72. The van der Waals surface area contributed by atoms with Gasteiger partial charge in [-0.05, 0) is 87.7 Å². The first-order valence-electron chi connectivity index (χ1n) is 14.5. The second kappa shape index (κ2) is 10.7. The van der Waals surface area contributed by atoms with E-state index in [0.717, 1.165) is 19.5 Å². The molecule has 2 aromatic carbocycles. The Labute approximate surface area is 217 Å². The monoisotopic (exact) mass is 486 g/mol. The van der Waals surface area contributed by atoms with Gasteiger partial charge in [-0.25, -0.2) is 0 Å². The summed E-state index contributed by atoms with van der Waals surface area (Å²) in [4.78, 5) is 18.5. The summed E-state index contributed by atoms with van der Waals surface area (Å²) in [6, 6.07) is 22.2. The first-order valence-corrected chi connectivity index (χ1v) is 14.5.